The van der Waals surface area contributed by atoms with E-state index in [-0.39, 0.29) is 0 Å². The number of hydrogen-bond acceptors (Lipinski definition) is 4. The average molecular weight is 629 g/mol. The average Bonchev–Trinajstić information content (AvgIpc) is 3.12. The predicted octanol–water partition coefficient (Wildman–Crippen LogP) is 10.4. The highest BCUT2D eigenvalue weighted by Gasteiger charge is 1.97. The van der Waals surface area contributed by atoms with Crippen LogP contribution in [-0.2, 0) is 12.8 Å². The van der Waals surface area contributed by atoms with Gasteiger partial charge in [-0.1, -0.05) is 101 Å². The van der Waals surface area contributed by atoms with Crippen LogP contribution in [0, 0.1) is 23.7 Å². The van der Waals surface area contributed by atoms with Crippen molar-refractivity contribution >= 4 is 0 Å². The van der Waals surface area contributed by atoms with E-state index in [1.54, 1.807) is 19.5 Å². The van der Waals surface area contributed by atoms with E-state index < -0.39 is 0 Å². The van der Waals surface area contributed by atoms with Gasteiger partial charge in [0.25, 0.3) is 0 Å². The second-order valence-electron chi connectivity index (χ2n) is 11.6. The van der Waals surface area contributed by atoms with Gasteiger partial charge in [-0.05, 0) is 104 Å². The molecule has 4 heteroatoms. The normalized spacial score (nSPS) is 10.0. The Morgan fingerprint density at radius 3 is 1.32 bits per heavy atom. The van der Waals surface area contributed by atoms with Crippen molar-refractivity contribution in [1.29, 1.82) is 0 Å². The standard InChI is InChI=1S/C22H27NO.C21H25NO/c1-3-5-6-7-8-9-19-10-12-20(13-11-19)14-15-21-16-17-22(18-23-21)24-4-2;1-3-4-5-6-7-8-18-9-11-19(12-10-18)13-14-20-15-16-21(23-2)17-22-20/h10-13,16-18H,3-9H2,1-2H3;9-12,15-17H,3-8H2,1-2H3. The summed E-state index contributed by atoms with van der Waals surface area (Å²) in [6.45, 7) is 7.12. The molecule has 0 fully saturated rings. The number of aromatic nitrogens is 2. The van der Waals surface area contributed by atoms with Gasteiger partial charge in [-0.25, -0.2) is 9.97 Å². The maximum absolute atomic E-state index is 5.38. The van der Waals surface area contributed by atoms with Crippen LogP contribution in [-0.4, -0.2) is 23.7 Å². The third kappa shape index (κ3) is 15.5. The van der Waals surface area contributed by atoms with E-state index in [2.05, 4.69) is 96.0 Å². The van der Waals surface area contributed by atoms with Crippen LogP contribution in [0.15, 0.2) is 85.2 Å². The van der Waals surface area contributed by atoms with E-state index >= 15 is 0 Å². The van der Waals surface area contributed by atoms with Gasteiger partial charge in [0.2, 0.25) is 0 Å². The Morgan fingerprint density at radius 2 is 0.936 bits per heavy atom. The van der Waals surface area contributed by atoms with Crippen LogP contribution in [0.1, 0.15) is 119 Å². The van der Waals surface area contributed by atoms with Crippen LogP contribution in [0.5, 0.6) is 11.5 Å². The molecule has 4 aromatic rings. The molecule has 0 aliphatic rings. The largest absolute Gasteiger partial charge is 0.495 e. The van der Waals surface area contributed by atoms with Gasteiger partial charge in [-0.15, -0.1) is 0 Å². The first-order valence-corrected chi connectivity index (χ1v) is 17.4. The van der Waals surface area contributed by atoms with Gasteiger partial charge >= 0.3 is 0 Å². The van der Waals surface area contributed by atoms with Gasteiger partial charge in [-0.2, -0.15) is 0 Å². The van der Waals surface area contributed by atoms with Crippen molar-refractivity contribution in [1.82, 2.24) is 9.97 Å². The van der Waals surface area contributed by atoms with Crippen LogP contribution in [0.2, 0.25) is 0 Å². The molecular formula is C43H52N2O2. The number of pyridine rings is 2. The molecule has 47 heavy (non-hydrogen) atoms. The van der Waals surface area contributed by atoms with Gasteiger partial charge in [0.05, 0.1) is 26.1 Å². The Hall–Kier alpha value is -4.54. The molecule has 0 aliphatic heterocycles. The molecule has 0 aliphatic carbocycles. The molecule has 0 N–H and O–H groups in total. The molecule has 0 amide bonds. The third-order valence-corrected chi connectivity index (χ3v) is 7.74. The number of methoxy groups -OCH3 is 1. The summed E-state index contributed by atoms with van der Waals surface area (Å²) in [5.41, 5.74) is 6.37. The number of unbranched alkanes of at least 4 members (excludes halogenated alkanes) is 8. The maximum Gasteiger partial charge on any atom is 0.137 e. The molecule has 0 atom stereocenters. The van der Waals surface area contributed by atoms with E-state index in [1.165, 1.54) is 75.3 Å². The van der Waals surface area contributed by atoms with Gasteiger partial charge in [0, 0.05) is 11.1 Å². The van der Waals surface area contributed by atoms with Crippen molar-refractivity contribution in [3.63, 3.8) is 0 Å². The fourth-order valence-electron chi connectivity index (χ4n) is 4.93. The van der Waals surface area contributed by atoms with Gasteiger partial charge < -0.3 is 9.47 Å². The lowest BCUT2D eigenvalue weighted by Gasteiger charge is -2.02. The topological polar surface area (TPSA) is 44.2 Å². The summed E-state index contributed by atoms with van der Waals surface area (Å²) < 4.78 is 10.5. The van der Waals surface area contributed by atoms with E-state index in [4.69, 9.17) is 9.47 Å². The van der Waals surface area contributed by atoms with Crippen LogP contribution < -0.4 is 9.47 Å². The first-order chi connectivity index (χ1) is 23.1. The number of aryl methyl sites for hydroxylation is 2. The summed E-state index contributed by atoms with van der Waals surface area (Å²) in [4.78, 5) is 8.54. The molecule has 2 aromatic heterocycles. The Kier molecular flexibility index (Phi) is 18.0. The number of ether oxygens (including phenoxy) is 2. The van der Waals surface area contributed by atoms with Crippen molar-refractivity contribution in [2.75, 3.05) is 13.7 Å². The molecule has 0 unspecified atom stereocenters. The van der Waals surface area contributed by atoms with Crippen molar-refractivity contribution in [3.8, 4) is 35.2 Å². The van der Waals surface area contributed by atoms with Crippen LogP contribution >= 0.6 is 0 Å². The Balaban J connectivity index is 0.000000256. The number of nitrogens with zero attached hydrogens (tertiary/aromatic N) is 2. The van der Waals surface area contributed by atoms with Crippen molar-refractivity contribution in [2.45, 2.75) is 97.8 Å². The number of benzene rings is 2. The molecule has 246 valence electrons. The molecule has 0 radical (unpaired) electrons. The van der Waals surface area contributed by atoms with E-state index in [9.17, 15) is 0 Å². The molecule has 0 spiro atoms. The number of hydrogen-bond donors (Lipinski definition) is 0. The summed E-state index contributed by atoms with van der Waals surface area (Å²) >= 11 is 0. The van der Waals surface area contributed by atoms with Crippen molar-refractivity contribution in [2.24, 2.45) is 0 Å². The van der Waals surface area contributed by atoms with Crippen LogP contribution in [0.25, 0.3) is 0 Å². The lowest BCUT2D eigenvalue weighted by atomic mass is 10.0. The monoisotopic (exact) mass is 628 g/mol. The molecule has 0 saturated heterocycles. The summed E-state index contributed by atoms with van der Waals surface area (Å²) in [5, 5.41) is 0. The molecule has 2 heterocycles. The highest BCUT2D eigenvalue weighted by molar-refractivity contribution is 5.43. The lowest BCUT2D eigenvalue weighted by molar-refractivity contribution is 0.339. The quantitative estimate of drug-likeness (QED) is 0.0971. The minimum absolute atomic E-state index is 0.650. The zero-order chi connectivity index (χ0) is 33.4. The summed E-state index contributed by atoms with van der Waals surface area (Å²) in [5.74, 6) is 14.0. The molecule has 2 aromatic carbocycles. The summed E-state index contributed by atoms with van der Waals surface area (Å²) in [6.07, 6.45) is 19.0. The van der Waals surface area contributed by atoms with Crippen LogP contribution in [0.3, 0.4) is 0 Å². The zero-order valence-electron chi connectivity index (χ0n) is 29.0. The van der Waals surface area contributed by atoms with Crippen molar-refractivity contribution < 1.29 is 9.47 Å². The second kappa shape index (κ2) is 22.9. The van der Waals surface area contributed by atoms with Crippen molar-refractivity contribution in [3.05, 3.63) is 119 Å². The predicted molar refractivity (Wildman–Crippen MR) is 196 cm³/mol. The van der Waals surface area contributed by atoms with Gasteiger partial charge in [-0.3, -0.25) is 0 Å². The molecular weight excluding hydrogens is 576 g/mol. The minimum Gasteiger partial charge on any atom is -0.495 e. The SMILES string of the molecule is CCCCCCCc1ccc(C#Cc2ccc(OC)cn2)cc1.CCCCCCCc1ccc(C#Cc2ccc(OCC)cn2)cc1. The molecule has 0 bridgehead atoms. The van der Waals surface area contributed by atoms with Crippen LogP contribution in [0.4, 0.5) is 0 Å². The van der Waals surface area contributed by atoms with E-state index in [0.29, 0.717) is 6.61 Å². The smallest absolute Gasteiger partial charge is 0.137 e. The Bertz CT molecular complexity index is 1520. The Morgan fingerprint density at radius 1 is 0.489 bits per heavy atom. The first-order valence-electron chi connectivity index (χ1n) is 17.4. The Labute approximate surface area is 284 Å². The summed E-state index contributed by atoms with van der Waals surface area (Å²) in [6, 6.07) is 24.7. The fraction of sp³-hybridized carbons (Fsp3) is 0.395. The highest BCUT2D eigenvalue weighted by Crippen LogP contribution is 2.13. The number of rotatable bonds is 15. The zero-order valence-corrected chi connectivity index (χ0v) is 29.0. The first kappa shape index (κ1) is 36.9. The van der Waals surface area contributed by atoms with E-state index in [0.717, 1.165) is 46.9 Å². The second-order valence-corrected chi connectivity index (χ2v) is 11.6. The van der Waals surface area contributed by atoms with Gasteiger partial charge in [0.1, 0.15) is 22.9 Å². The van der Waals surface area contributed by atoms with Gasteiger partial charge in [0.15, 0.2) is 0 Å². The maximum atomic E-state index is 5.38. The third-order valence-electron chi connectivity index (χ3n) is 7.74. The molecule has 4 rings (SSSR count). The van der Waals surface area contributed by atoms with E-state index in [1.807, 2.05) is 31.2 Å². The lowest BCUT2D eigenvalue weighted by Crippen LogP contribution is -1.92. The molecule has 0 saturated carbocycles. The summed E-state index contributed by atoms with van der Waals surface area (Å²) in [7, 11) is 1.63. The highest BCUT2D eigenvalue weighted by atomic mass is 16.5. The molecule has 4 nitrogen and oxygen atoms in total. The fourth-order valence-corrected chi connectivity index (χ4v) is 4.93. The minimum atomic E-state index is 0.650.